The fraction of sp³-hybridized carbons (Fsp3) is 0.821. The number of fused-ring (bicyclic) bond motifs is 3. The molecule has 0 radical (unpaired) electrons. The van der Waals surface area contributed by atoms with Gasteiger partial charge in [-0.1, -0.05) is 59.3 Å². The summed E-state index contributed by atoms with van der Waals surface area (Å²) >= 11 is 0. The quantitative estimate of drug-likeness (QED) is 0.483. The van der Waals surface area contributed by atoms with Gasteiger partial charge in [0.05, 0.1) is 6.10 Å². The highest BCUT2D eigenvalue weighted by Gasteiger charge is 2.76. The van der Waals surface area contributed by atoms with Gasteiger partial charge in [0, 0.05) is 24.2 Å². The molecule has 0 aromatic carbocycles. The monoisotopic (exact) mass is 442 g/mol. The van der Waals surface area contributed by atoms with E-state index in [2.05, 4.69) is 53.7 Å². The van der Waals surface area contributed by atoms with Crippen molar-refractivity contribution in [1.29, 1.82) is 0 Å². The van der Waals surface area contributed by atoms with Gasteiger partial charge in [0.15, 0.2) is 0 Å². The van der Waals surface area contributed by atoms with E-state index in [-0.39, 0.29) is 29.0 Å². The van der Waals surface area contributed by atoms with Crippen LogP contribution in [0.5, 0.6) is 0 Å². The molecular formula is C28H42O4. The Labute approximate surface area is 193 Å². The molecule has 32 heavy (non-hydrogen) atoms. The first-order valence-electron chi connectivity index (χ1n) is 12.9. The van der Waals surface area contributed by atoms with Crippen molar-refractivity contribution in [1.82, 2.24) is 0 Å². The van der Waals surface area contributed by atoms with Crippen molar-refractivity contribution in [3.63, 3.8) is 0 Å². The Kier molecular flexibility index (Phi) is 5.18. The number of Topliss-reactive ketones (excluding diaryl/α,β-unsaturated/α-hetero) is 1. The van der Waals surface area contributed by atoms with Gasteiger partial charge in [-0.3, -0.25) is 4.79 Å². The lowest BCUT2D eigenvalue weighted by atomic mass is 9.49. The maximum Gasteiger partial charge on any atom is 0.140 e. The molecule has 0 aromatic heterocycles. The van der Waals surface area contributed by atoms with Crippen LogP contribution >= 0.6 is 0 Å². The Bertz CT molecular complexity index is 873. The number of ether oxygens (including phenoxy) is 1. The van der Waals surface area contributed by atoms with Crippen molar-refractivity contribution in [3.05, 3.63) is 23.3 Å². The van der Waals surface area contributed by atoms with Crippen LogP contribution in [-0.2, 0) is 9.53 Å². The average Bonchev–Trinajstić information content (AvgIpc) is 3.39. The summed E-state index contributed by atoms with van der Waals surface area (Å²) in [6, 6.07) is 0. The van der Waals surface area contributed by atoms with Crippen LogP contribution in [0.15, 0.2) is 23.3 Å². The van der Waals surface area contributed by atoms with Crippen LogP contribution in [0, 0.1) is 40.4 Å². The molecule has 0 bridgehead atoms. The molecule has 3 fully saturated rings. The molecule has 1 spiro atoms. The number of aliphatic hydroxyl groups is 2. The Balaban J connectivity index is 1.50. The summed E-state index contributed by atoms with van der Waals surface area (Å²) in [4.78, 5) is 13.6. The zero-order valence-corrected chi connectivity index (χ0v) is 20.7. The predicted molar refractivity (Wildman–Crippen MR) is 125 cm³/mol. The highest BCUT2D eigenvalue weighted by atomic mass is 16.6. The molecule has 4 aliphatic carbocycles. The van der Waals surface area contributed by atoms with Gasteiger partial charge in [-0.15, -0.1) is 0 Å². The number of aliphatic hydroxyl groups excluding tert-OH is 2. The Hall–Kier alpha value is -0.970. The van der Waals surface area contributed by atoms with Crippen LogP contribution in [0.1, 0.15) is 80.1 Å². The van der Waals surface area contributed by atoms with Crippen molar-refractivity contribution in [3.8, 4) is 0 Å². The maximum atomic E-state index is 13.6. The van der Waals surface area contributed by atoms with Crippen molar-refractivity contribution >= 4 is 5.78 Å². The lowest BCUT2D eigenvalue weighted by Crippen LogP contribution is -2.55. The minimum atomic E-state index is -0.706. The first-order chi connectivity index (χ1) is 15.0. The zero-order valence-electron chi connectivity index (χ0n) is 20.7. The highest BCUT2D eigenvalue weighted by molar-refractivity contribution is 5.88. The third-order valence-electron chi connectivity index (χ3n) is 10.7. The average molecular weight is 443 g/mol. The van der Waals surface area contributed by atoms with Crippen LogP contribution in [-0.4, -0.2) is 39.9 Å². The second-order valence-electron chi connectivity index (χ2n) is 12.6. The molecule has 4 nitrogen and oxygen atoms in total. The largest absolute Gasteiger partial charge is 0.393 e. The maximum absolute atomic E-state index is 13.6. The van der Waals surface area contributed by atoms with Gasteiger partial charge in [-0.25, -0.2) is 0 Å². The molecule has 2 saturated carbocycles. The minimum Gasteiger partial charge on any atom is -0.393 e. The number of rotatable bonds is 4. The summed E-state index contributed by atoms with van der Waals surface area (Å²) in [5.41, 5.74) is 1.60. The van der Waals surface area contributed by atoms with E-state index < -0.39 is 11.7 Å². The third-order valence-corrected chi connectivity index (χ3v) is 10.7. The number of hydrogen-bond acceptors (Lipinski definition) is 4. The molecule has 1 saturated heterocycles. The van der Waals surface area contributed by atoms with Crippen molar-refractivity contribution in [2.75, 3.05) is 0 Å². The van der Waals surface area contributed by atoms with E-state index in [1.165, 1.54) is 5.57 Å². The van der Waals surface area contributed by atoms with Crippen molar-refractivity contribution < 1.29 is 19.7 Å². The number of epoxide rings is 1. The molecule has 5 aliphatic rings. The smallest absolute Gasteiger partial charge is 0.140 e. The van der Waals surface area contributed by atoms with E-state index in [0.717, 1.165) is 31.3 Å². The van der Waals surface area contributed by atoms with Gasteiger partial charge < -0.3 is 14.9 Å². The minimum absolute atomic E-state index is 0.110. The van der Waals surface area contributed by atoms with Gasteiger partial charge >= 0.3 is 0 Å². The van der Waals surface area contributed by atoms with Gasteiger partial charge in [0.2, 0.25) is 0 Å². The first kappa shape index (κ1) is 22.8. The van der Waals surface area contributed by atoms with E-state index in [4.69, 9.17) is 4.74 Å². The number of carbonyl (C=O) groups is 1. The molecule has 0 aromatic rings. The summed E-state index contributed by atoms with van der Waals surface area (Å²) in [7, 11) is 0. The number of ketones is 1. The van der Waals surface area contributed by atoms with Gasteiger partial charge in [0.1, 0.15) is 23.6 Å². The Morgan fingerprint density at radius 1 is 1.09 bits per heavy atom. The lowest BCUT2D eigenvalue weighted by molar-refractivity contribution is -0.122. The third kappa shape index (κ3) is 2.88. The lowest BCUT2D eigenvalue weighted by Gasteiger charge is -2.53. The van der Waals surface area contributed by atoms with E-state index in [1.54, 1.807) is 0 Å². The second-order valence-corrected chi connectivity index (χ2v) is 12.6. The normalized spacial score (nSPS) is 49.5. The number of allylic oxidation sites excluding steroid dienone is 2. The fourth-order valence-corrected chi connectivity index (χ4v) is 8.19. The molecule has 1 heterocycles. The number of hydrogen-bond donors (Lipinski definition) is 2. The summed E-state index contributed by atoms with van der Waals surface area (Å²) in [6.45, 7) is 13.6. The molecular weight excluding hydrogens is 400 g/mol. The van der Waals surface area contributed by atoms with Gasteiger partial charge in [-0.05, 0) is 60.3 Å². The SMILES string of the molecule is CC(C)[C@@H](C)/C=C/[C@@H](C)[C@H]1CC(=O)[C@@H]2C3=C(CC[C@@]21C)[C@@]1(C)CC[C@H](O)C[C@@]12O[C@H]2[C@@H]3O. The summed E-state index contributed by atoms with van der Waals surface area (Å²) < 4.78 is 6.25. The van der Waals surface area contributed by atoms with E-state index in [1.807, 2.05) is 0 Å². The molecule has 2 N–H and O–H groups in total. The zero-order chi connectivity index (χ0) is 23.2. The summed E-state index contributed by atoms with van der Waals surface area (Å²) in [6.07, 6.45) is 8.16. The molecule has 1 aliphatic heterocycles. The van der Waals surface area contributed by atoms with Crippen molar-refractivity contribution in [2.45, 2.75) is 104 Å². The highest BCUT2D eigenvalue weighted by Crippen LogP contribution is 2.71. The van der Waals surface area contributed by atoms with E-state index in [9.17, 15) is 15.0 Å². The first-order valence-corrected chi connectivity index (χ1v) is 12.9. The van der Waals surface area contributed by atoms with Crippen LogP contribution in [0.3, 0.4) is 0 Å². The van der Waals surface area contributed by atoms with E-state index in [0.29, 0.717) is 42.3 Å². The van der Waals surface area contributed by atoms with Crippen LogP contribution in [0.25, 0.3) is 0 Å². The predicted octanol–water partition coefficient (Wildman–Crippen LogP) is 4.84. The molecule has 0 amide bonds. The fourth-order valence-electron chi connectivity index (χ4n) is 8.19. The van der Waals surface area contributed by atoms with Gasteiger partial charge in [-0.2, -0.15) is 0 Å². The molecule has 4 heteroatoms. The topological polar surface area (TPSA) is 70.1 Å². The molecule has 178 valence electrons. The second kappa shape index (κ2) is 7.26. The van der Waals surface area contributed by atoms with Crippen LogP contribution in [0.2, 0.25) is 0 Å². The standard InChI is InChI=1S/C28H42O4/c1-15(2)16(3)7-8-17(4)20-13-21(30)23-22-19(10-11-26(20,23)5)27(6)12-9-18(29)14-28(27)25(32-28)24(22)31/h7-8,15-18,20,23-25,29,31H,9-14H2,1-6H3/b8-7+/t16-,17+,18-,20+,23+,24+,25-,26+,27+,28-/m0/s1. The summed E-state index contributed by atoms with van der Waals surface area (Å²) in [5.74, 6) is 1.92. The molecule has 5 rings (SSSR count). The van der Waals surface area contributed by atoms with Crippen molar-refractivity contribution in [2.24, 2.45) is 40.4 Å². The summed E-state index contributed by atoms with van der Waals surface area (Å²) in [5, 5.41) is 21.8. The Morgan fingerprint density at radius 3 is 2.50 bits per heavy atom. The van der Waals surface area contributed by atoms with Gasteiger partial charge in [0.25, 0.3) is 0 Å². The van der Waals surface area contributed by atoms with E-state index >= 15 is 0 Å². The van der Waals surface area contributed by atoms with Crippen LogP contribution in [0.4, 0.5) is 0 Å². The Morgan fingerprint density at radius 2 is 1.81 bits per heavy atom. The molecule has 0 unspecified atom stereocenters. The van der Waals surface area contributed by atoms with Crippen LogP contribution < -0.4 is 0 Å². The molecule has 10 atom stereocenters. The number of carbonyl (C=O) groups excluding carboxylic acids is 1.